The summed E-state index contributed by atoms with van der Waals surface area (Å²) in [7, 11) is 1.92. The molecule has 9 aromatic carbocycles. The Morgan fingerprint density at radius 3 is 1.43 bits per heavy atom. The standard InChI is InChI=1S/C59H40N8/c1-60-57-58(63-67-49-32-18-14-28-45(49)53-51(67)36-34-42-40-25-11-15-29-46(40)65(55(42)53)39-23-9-4-10-24-39)61-54(37-19-5-2-6-20-37)59(62-57)66-47-30-16-12-26-41(47)43-33-35-50-52(56(43)66)44-27-13-17-31-48(44)64(50)38-21-7-3-8-22-38/h2-36H,1H3,(H,60,62)(H,61,63). The minimum atomic E-state index is 0.600. The van der Waals surface area contributed by atoms with Crippen LogP contribution in [-0.4, -0.2) is 35.4 Å². The third-order valence-electron chi connectivity index (χ3n) is 13.6. The van der Waals surface area contributed by atoms with Crippen molar-refractivity contribution in [2.45, 2.75) is 0 Å². The summed E-state index contributed by atoms with van der Waals surface area (Å²) in [5.74, 6) is 1.95. The van der Waals surface area contributed by atoms with Gasteiger partial charge < -0.3 is 14.5 Å². The lowest BCUT2D eigenvalue weighted by molar-refractivity contribution is 0.995. The van der Waals surface area contributed by atoms with Gasteiger partial charge in [-0.1, -0.05) is 152 Å². The first-order valence-electron chi connectivity index (χ1n) is 22.7. The normalized spacial score (nSPS) is 12.0. The molecule has 0 saturated heterocycles. The molecule has 67 heavy (non-hydrogen) atoms. The molecule has 0 atom stereocenters. The lowest BCUT2D eigenvalue weighted by Gasteiger charge is -2.19. The van der Waals surface area contributed by atoms with Gasteiger partial charge in [-0.25, -0.2) is 9.97 Å². The van der Waals surface area contributed by atoms with Gasteiger partial charge in [-0.3, -0.25) is 14.7 Å². The highest BCUT2D eigenvalue weighted by Gasteiger charge is 2.26. The van der Waals surface area contributed by atoms with Gasteiger partial charge >= 0.3 is 0 Å². The van der Waals surface area contributed by atoms with E-state index in [1.807, 2.05) is 13.1 Å². The molecule has 0 aliphatic carbocycles. The van der Waals surface area contributed by atoms with E-state index < -0.39 is 0 Å². The molecular formula is C59H40N8. The Morgan fingerprint density at radius 1 is 0.343 bits per heavy atom. The summed E-state index contributed by atoms with van der Waals surface area (Å²) in [6.45, 7) is 0. The SMILES string of the molecule is CNc1nc(-n2c3ccccc3c3ccc4c(c5ccccc5n4-c4ccccc4)c32)c(-c2ccccc2)nc1Nn1c2ccccc2c2c1ccc1c3ccccc3n(-c3ccccc3)c12. The molecule has 5 aromatic heterocycles. The number of aromatic nitrogens is 6. The third kappa shape index (κ3) is 5.35. The van der Waals surface area contributed by atoms with Crippen molar-refractivity contribution in [3.63, 3.8) is 0 Å². The number of fused-ring (bicyclic) bond motifs is 14. The van der Waals surface area contributed by atoms with E-state index in [-0.39, 0.29) is 0 Å². The van der Waals surface area contributed by atoms with Crippen LogP contribution in [-0.2, 0) is 0 Å². The van der Waals surface area contributed by atoms with Gasteiger partial charge in [-0.2, -0.15) is 0 Å². The van der Waals surface area contributed by atoms with E-state index in [2.05, 4.69) is 235 Å². The van der Waals surface area contributed by atoms with Crippen LogP contribution in [0.3, 0.4) is 0 Å². The van der Waals surface area contributed by atoms with Crippen molar-refractivity contribution in [1.82, 2.24) is 28.3 Å². The molecular weight excluding hydrogens is 821 g/mol. The molecule has 0 saturated carbocycles. The quantitative estimate of drug-likeness (QED) is 0.167. The van der Waals surface area contributed by atoms with Crippen LogP contribution in [0.2, 0.25) is 0 Å². The molecule has 0 spiro atoms. The molecule has 5 heterocycles. The largest absolute Gasteiger partial charge is 0.370 e. The summed E-state index contributed by atoms with van der Waals surface area (Å²) in [6, 6.07) is 75.5. The summed E-state index contributed by atoms with van der Waals surface area (Å²) in [6.07, 6.45) is 0. The molecule has 0 unspecified atom stereocenters. The van der Waals surface area contributed by atoms with E-state index in [4.69, 9.17) is 9.97 Å². The first-order valence-corrected chi connectivity index (χ1v) is 22.7. The van der Waals surface area contributed by atoms with Crippen molar-refractivity contribution in [1.29, 1.82) is 0 Å². The van der Waals surface area contributed by atoms with Gasteiger partial charge in [0, 0.05) is 67.1 Å². The van der Waals surface area contributed by atoms with Gasteiger partial charge in [0.25, 0.3) is 0 Å². The maximum atomic E-state index is 5.64. The Hall–Kier alpha value is -9.14. The summed E-state index contributed by atoms with van der Waals surface area (Å²) < 4.78 is 9.30. The van der Waals surface area contributed by atoms with Gasteiger partial charge in [-0.05, 0) is 60.7 Å². The lowest BCUT2D eigenvalue weighted by Crippen LogP contribution is -2.15. The summed E-state index contributed by atoms with van der Waals surface area (Å²) >= 11 is 0. The first kappa shape index (κ1) is 37.3. The van der Waals surface area contributed by atoms with Crippen LogP contribution in [0.5, 0.6) is 0 Å². The molecule has 0 fully saturated rings. The number of para-hydroxylation sites is 6. The van der Waals surface area contributed by atoms with Crippen molar-refractivity contribution in [3.8, 4) is 28.5 Å². The highest BCUT2D eigenvalue weighted by molar-refractivity contribution is 6.27. The van der Waals surface area contributed by atoms with Crippen molar-refractivity contribution in [2.24, 2.45) is 0 Å². The number of anilines is 2. The molecule has 0 amide bonds. The Morgan fingerprint density at radius 2 is 0.806 bits per heavy atom. The maximum absolute atomic E-state index is 5.64. The number of rotatable bonds is 7. The predicted molar refractivity (Wildman–Crippen MR) is 278 cm³/mol. The van der Waals surface area contributed by atoms with Gasteiger partial charge in [-0.15, -0.1) is 0 Å². The third-order valence-corrected chi connectivity index (χ3v) is 13.6. The van der Waals surface area contributed by atoms with E-state index in [0.29, 0.717) is 11.6 Å². The summed E-state index contributed by atoms with van der Waals surface area (Å²) in [4.78, 5) is 11.3. The minimum absolute atomic E-state index is 0.600. The fourth-order valence-corrected chi connectivity index (χ4v) is 10.8. The molecule has 8 heteroatoms. The van der Waals surface area contributed by atoms with Crippen molar-refractivity contribution in [3.05, 3.63) is 212 Å². The van der Waals surface area contributed by atoms with Crippen LogP contribution in [0.15, 0.2) is 212 Å². The predicted octanol–water partition coefficient (Wildman–Crippen LogP) is 14.5. The van der Waals surface area contributed by atoms with E-state index in [1.54, 1.807) is 0 Å². The summed E-state index contributed by atoms with van der Waals surface area (Å²) in [5.41, 5.74) is 16.6. The van der Waals surface area contributed by atoms with Crippen molar-refractivity contribution >= 4 is 98.9 Å². The topological polar surface area (TPSA) is 69.6 Å². The van der Waals surface area contributed by atoms with Crippen LogP contribution in [0.25, 0.3) is 116 Å². The number of hydrogen-bond acceptors (Lipinski definition) is 4. The molecule has 316 valence electrons. The second-order valence-electron chi connectivity index (χ2n) is 17.1. The van der Waals surface area contributed by atoms with Crippen LogP contribution in [0.1, 0.15) is 0 Å². The zero-order valence-corrected chi connectivity index (χ0v) is 36.4. The fourth-order valence-electron chi connectivity index (χ4n) is 10.8. The molecule has 0 aliphatic heterocycles. The van der Waals surface area contributed by atoms with Crippen LogP contribution >= 0.6 is 0 Å². The second-order valence-corrected chi connectivity index (χ2v) is 17.1. The molecule has 0 aliphatic rings. The Kier molecular flexibility index (Phi) is 8.03. The lowest BCUT2D eigenvalue weighted by atomic mass is 10.1. The van der Waals surface area contributed by atoms with Crippen molar-refractivity contribution < 1.29 is 0 Å². The molecule has 14 rings (SSSR count). The maximum Gasteiger partial charge on any atom is 0.189 e. The van der Waals surface area contributed by atoms with E-state index in [9.17, 15) is 0 Å². The minimum Gasteiger partial charge on any atom is -0.370 e. The average Bonchev–Trinajstić information content (AvgIpc) is 4.12. The Bertz CT molecular complexity index is 4270. The number of hydrogen-bond donors (Lipinski definition) is 2. The fraction of sp³-hybridized carbons (Fsp3) is 0.0169. The van der Waals surface area contributed by atoms with Gasteiger partial charge in [0.1, 0.15) is 5.69 Å². The Balaban J connectivity index is 1.05. The first-order chi connectivity index (χ1) is 33.2. The molecule has 2 N–H and O–H groups in total. The molecule has 8 nitrogen and oxygen atoms in total. The van der Waals surface area contributed by atoms with Gasteiger partial charge in [0.05, 0.1) is 44.1 Å². The monoisotopic (exact) mass is 860 g/mol. The highest BCUT2D eigenvalue weighted by Crippen LogP contribution is 2.45. The molecule has 14 aromatic rings. The Labute approximate surface area is 384 Å². The number of nitrogens with zero attached hydrogens (tertiary/aromatic N) is 6. The zero-order chi connectivity index (χ0) is 44.2. The van der Waals surface area contributed by atoms with E-state index >= 15 is 0 Å². The second kappa shape index (κ2) is 14.4. The van der Waals surface area contributed by atoms with Crippen LogP contribution in [0.4, 0.5) is 11.6 Å². The van der Waals surface area contributed by atoms with Crippen LogP contribution in [0, 0.1) is 0 Å². The van der Waals surface area contributed by atoms with E-state index in [0.717, 1.165) is 94.0 Å². The number of nitrogens with one attached hydrogen (secondary N) is 2. The zero-order valence-electron chi connectivity index (χ0n) is 36.4. The molecule has 0 bridgehead atoms. The highest BCUT2D eigenvalue weighted by atomic mass is 15.4. The average molecular weight is 861 g/mol. The van der Waals surface area contributed by atoms with E-state index in [1.165, 1.54) is 21.7 Å². The van der Waals surface area contributed by atoms with Gasteiger partial charge in [0.2, 0.25) is 0 Å². The molecule has 0 radical (unpaired) electrons. The van der Waals surface area contributed by atoms with Crippen molar-refractivity contribution in [2.75, 3.05) is 17.8 Å². The van der Waals surface area contributed by atoms with Gasteiger partial charge in [0.15, 0.2) is 17.5 Å². The smallest absolute Gasteiger partial charge is 0.189 e. The number of benzene rings is 9. The van der Waals surface area contributed by atoms with Crippen LogP contribution < -0.4 is 10.7 Å². The summed E-state index contributed by atoms with van der Waals surface area (Å²) in [5, 5.41) is 12.8.